The normalized spacial score (nSPS) is 27.2. The summed E-state index contributed by atoms with van der Waals surface area (Å²) in [6.07, 6.45) is 1.93. The van der Waals surface area contributed by atoms with Gasteiger partial charge in [0.15, 0.2) is 0 Å². The number of nitrogens with one attached hydrogen (secondary N) is 2. The Labute approximate surface area is 113 Å². The first kappa shape index (κ1) is 12.6. The predicted octanol–water partition coefficient (Wildman–Crippen LogP) is 1.87. The van der Waals surface area contributed by atoms with Crippen LogP contribution in [0.5, 0.6) is 0 Å². The summed E-state index contributed by atoms with van der Waals surface area (Å²) in [5.41, 5.74) is 3.31. The molecule has 1 fully saturated rings. The third kappa shape index (κ3) is 2.38. The van der Waals surface area contributed by atoms with E-state index in [0.717, 1.165) is 24.3 Å². The van der Waals surface area contributed by atoms with E-state index in [0.29, 0.717) is 24.5 Å². The molecule has 2 aliphatic heterocycles. The van der Waals surface area contributed by atoms with E-state index in [9.17, 15) is 4.79 Å². The van der Waals surface area contributed by atoms with Crippen LogP contribution in [-0.4, -0.2) is 25.7 Å². The molecular formula is C15H20N2O2. The van der Waals surface area contributed by atoms with Gasteiger partial charge in [-0.25, -0.2) is 0 Å². The van der Waals surface area contributed by atoms with Crippen molar-refractivity contribution in [3.05, 3.63) is 29.3 Å². The average Bonchev–Trinajstić information content (AvgIpc) is 2.95. The molecule has 1 aromatic rings. The molecule has 3 atom stereocenters. The Hall–Kier alpha value is -1.39. The molecule has 2 N–H and O–H groups in total. The first-order valence-corrected chi connectivity index (χ1v) is 6.89. The summed E-state index contributed by atoms with van der Waals surface area (Å²) < 4.78 is 5.67. The molecule has 1 saturated heterocycles. The summed E-state index contributed by atoms with van der Waals surface area (Å²) in [6, 6.07) is 6.57. The largest absolute Gasteiger partial charge is 0.378 e. The zero-order chi connectivity index (χ0) is 13.4. The Morgan fingerprint density at radius 3 is 3.00 bits per heavy atom. The standard InChI is InChI=1S/C15H20N2O2/c1-9-5-12(8-19-9)15(16-2)10-3-4-13-11(6-10)7-14(18)17-13/h3-4,6,9,12,15-16H,5,7-8H2,1-2H3,(H,17,18). The molecule has 3 rings (SSSR count). The van der Waals surface area contributed by atoms with Gasteiger partial charge in [-0.15, -0.1) is 0 Å². The van der Waals surface area contributed by atoms with Gasteiger partial charge in [-0.05, 0) is 37.6 Å². The van der Waals surface area contributed by atoms with Crippen molar-refractivity contribution >= 4 is 11.6 Å². The van der Waals surface area contributed by atoms with E-state index in [-0.39, 0.29) is 5.91 Å². The second kappa shape index (κ2) is 4.94. The molecule has 102 valence electrons. The van der Waals surface area contributed by atoms with Crippen LogP contribution in [0.3, 0.4) is 0 Å². The lowest BCUT2D eigenvalue weighted by Gasteiger charge is -2.23. The fourth-order valence-electron chi connectivity index (χ4n) is 3.20. The summed E-state index contributed by atoms with van der Waals surface area (Å²) in [4.78, 5) is 11.4. The van der Waals surface area contributed by atoms with E-state index >= 15 is 0 Å². The number of benzene rings is 1. The smallest absolute Gasteiger partial charge is 0.228 e. The van der Waals surface area contributed by atoms with Gasteiger partial charge in [0.2, 0.25) is 5.91 Å². The van der Waals surface area contributed by atoms with Gasteiger partial charge < -0.3 is 15.4 Å². The third-order valence-corrected chi connectivity index (χ3v) is 4.13. The van der Waals surface area contributed by atoms with E-state index < -0.39 is 0 Å². The first-order valence-electron chi connectivity index (χ1n) is 6.89. The minimum Gasteiger partial charge on any atom is -0.378 e. The zero-order valence-corrected chi connectivity index (χ0v) is 11.4. The zero-order valence-electron chi connectivity index (χ0n) is 11.4. The first-order chi connectivity index (χ1) is 9.17. The number of hydrogen-bond acceptors (Lipinski definition) is 3. The number of carbonyl (C=O) groups excluding carboxylic acids is 1. The molecular weight excluding hydrogens is 240 g/mol. The molecule has 1 amide bonds. The van der Waals surface area contributed by atoms with Gasteiger partial charge in [-0.2, -0.15) is 0 Å². The Bertz CT molecular complexity index is 501. The van der Waals surface area contributed by atoms with Crippen molar-refractivity contribution in [1.82, 2.24) is 5.32 Å². The van der Waals surface area contributed by atoms with Crippen molar-refractivity contribution in [2.24, 2.45) is 5.92 Å². The molecule has 0 radical (unpaired) electrons. The van der Waals surface area contributed by atoms with Gasteiger partial charge in [0.1, 0.15) is 0 Å². The third-order valence-electron chi connectivity index (χ3n) is 4.13. The number of carbonyl (C=O) groups is 1. The van der Waals surface area contributed by atoms with E-state index in [1.165, 1.54) is 5.56 Å². The van der Waals surface area contributed by atoms with Crippen LogP contribution in [0, 0.1) is 5.92 Å². The van der Waals surface area contributed by atoms with Gasteiger partial charge >= 0.3 is 0 Å². The summed E-state index contributed by atoms with van der Waals surface area (Å²) >= 11 is 0. The Balaban J connectivity index is 1.84. The van der Waals surface area contributed by atoms with Crippen LogP contribution < -0.4 is 10.6 Å². The van der Waals surface area contributed by atoms with E-state index in [1.807, 2.05) is 13.1 Å². The van der Waals surface area contributed by atoms with Crippen molar-refractivity contribution in [3.63, 3.8) is 0 Å². The highest BCUT2D eigenvalue weighted by atomic mass is 16.5. The molecule has 2 aliphatic rings. The second-order valence-electron chi connectivity index (χ2n) is 5.55. The minimum atomic E-state index is 0.0889. The molecule has 4 heteroatoms. The van der Waals surface area contributed by atoms with Gasteiger partial charge in [0.05, 0.1) is 19.1 Å². The highest BCUT2D eigenvalue weighted by Crippen LogP contribution is 2.34. The molecule has 4 nitrogen and oxygen atoms in total. The van der Waals surface area contributed by atoms with Gasteiger partial charge in [-0.1, -0.05) is 12.1 Å². The lowest BCUT2D eigenvalue weighted by molar-refractivity contribution is -0.115. The molecule has 0 bridgehead atoms. The molecule has 3 unspecified atom stereocenters. The monoisotopic (exact) mass is 260 g/mol. The Morgan fingerprint density at radius 1 is 1.47 bits per heavy atom. The minimum absolute atomic E-state index is 0.0889. The van der Waals surface area contributed by atoms with Gasteiger partial charge in [-0.3, -0.25) is 4.79 Å². The number of amides is 1. The SMILES string of the molecule is CNC(c1ccc2c(c1)CC(=O)N2)C1COC(C)C1. The molecule has 0 aliphatic carbocycles. The molecule has 2 heterocycles. The van der Waals surface area contributed by atoms with E-state index in [4.69, 9.17) is 4.74 Å². The van der Waals surface area contributed by atoms with E-state index in [2.05, 4.69) is 29.7 Å². The molecule has 19 heavy (non-hydrogen) atoms. The highest BCUT2D eigenvalue weighted by Gasteiger charge is 2.30. The van der Waals surface area contributed by atoms with Gasteiger partial charge in [0, 0.05) is 17.6 Å². The summed E-state index contributed by atoms with van der Waals surface area (Å²) in [5.74, 6) is 0.592. The lowest BCUT2D eigenvalue weighted by Crippen LogP contribution is -2.25. The van der Waals surface area contributed by atoms with Crippen LogP contribution in [0.25, 0.3) is 0 Å². The van der Waals surface area contributed by atoms with Crippen molar-refractivity contribution in [2.75, 3.05) is 19.0 Å². The topological polar surface area (TPSA) is 50.4 Å². The van der Waals surface area contributed by atoms with Crippen LogP contribution in [0.1, 0.15) is 30.5 Å². The van der Waals surface area contributed by atoms with Crippen LogP contribution in [-0.2, 0) is 16.0 Å². The molecule has 0 saturated carbocycles. The fourth-order valence-corrected chi connectivity index (χ4v) is 3.20. The van der Waals surface area contributed by atoms with Gasteiger partial charge in [0.25, 0.3) is 0 Å². The predicted molar refractivity (Wildman–Crippen MR) is 74.1 cm³/mol. The number of rotatable bonds is 3. The van der Waals surface area contributed by atoms with E-state index in [1.54, 1.807) is 0 Å². The Kier molecular flexibility index (Phi) is 3.29. The number of ether oxygens (including phenoxy) is 1. The quantitative estimate of drug-likeness (QED) is 0.872. The maximum absolute atomic E-state index is 11.4. The van der Waals surface area contributed by atoms with Crippen LogP contribution in [0.4, 0.5) is 5.69 Å². The van der Waals surface area contributed by atoms with Crippen molar-refractivity contribution in [1.29, 1.82) is 0 Å². The lowest BCUT2D eigenvalue weighted by atomic mass is 9.90. The molecule has 0 aromatic heterocycles. The van der Waals surface area contributed by atoms with Crippen molar-refractivity contribution < 1.29 is 9.53 Å². The second-order valence-corrected chi connectivity index (χ2v) is 5.55. The Morgan fingerprint density at radius 2 is 2.32 bits per heavy atom. The van der Waals surface area contributed by atoms with Crippen LogP contribution in [0.15, 0.2) is 18.2 Å². The number of hydrogen-bond donors (Lipinski definition) is 2. The average molecular weight is 260 g/mol. The van der Waals surface area contributed by atoms with Crippen molar-refractivity contribution in [2.45, 2.75) is 31.9 Å². The fraction of sp³-hybridized carbons (Fsp3) is 0.533. The van der Waals surface area contributed by atoms with Crippen LogP contribution in [0.2, 0.25) is 0 Å². The molecule has 0 spiro atoms. The van der Waals surface area contributed by atoms with Crippen molar-refractivity contribution in [3.8, 4) is 0 Å². The maximum Gasteiger partial charge on any atom is 0.228 e. The molecule has 1 aromatic carbocycles. The summed E-state index contributed by atoms with van der Waals surface area (Å²) in [7, 11) is 1.99. The van der Waals surface area contributed by atoms with Crippen LogP contribution >= 0.6 is 0 Å². The highest BCUT2D eigenvalue weighted by molar-refractivity contribution is 5.99. The maximum atomic E-state index is 11.4. The summed E-state index contributed by atoms with van der Waals surface area (Å²) in [5, 5.41) is 6.27. The number of anilines is 1. The number of fused-ring (bicyclic) bond motifs is 1. The summed E-state index contributed by atoms with van der Waals surface area (Å²) in [6.45, 7) is 2.93.